The largest absolute Gasteiger partial charge is 0.381 e. The average molecular weight is 350 g/mol. The normalized spacial score (nSPS) is 22.6. The van der Waals surface area contributed by atoms with Gasteiger partial charge in [-0.3, -0.25) is 14.3 Å². The van der Waals surface area contributed by atoms with E-state index in [-0.39, 0.29) is 30.0 Å². The van der Waals surface area contributed by atoms with Gasteiger partial charge >= 0.3 is 0 Å². The van der Waals surface area contributed by atoms with Gasteiger partial charge in [-0.15, -0.1) is 0 Å². The molecule has 25 heavy (non-hydrogen) atoms. The summed E-state index contributed by atoms with van der Waals surface area (Å²) in [5.41, 5.74) is 0.957. The molecule has 0 saturated carbocycles. The first-order valence-electron chi connectivity index (χ1n) is 8.79. The summed E-state index contributed by atoms with van der Waals surface area (Å²) in [7, 11) is 1.58. The Morgan fingerprint density at radius 2 is 2.12 bits per heavy atom. The van der Waals surface area contributed by atoms with Crippen LogP contribution in [-0.4, -0.2) is 60.1 Å². The topological polar surface area (TPSA) is 94.5 Å². The Morgan fingerprint density at radius 1 is 1.36 bits per heavy atom. The summed E-state index contributed by atoms with van der Waals surface area (Å²) >= 11 is 0. The molecule has 1 aromatic rings. The van der Waals surface area contributed by atoms with Gasteiger partial charge in [0, 0.05) is 38.6 Å². The van der Waals surface area contributed by atoms with E-state index < -0.39 is 0 Å². The second kappa shape index (κ2) is 7.53. The van der Waals surface area contributed by atoms with Crippen LogP contribution in [0.4, 0.5) is 0 Å². The van der Waals surface area contributed by atoms with Crippen LogP contribution in [0.15, 0.2) is 6.07 Å². The van der Waals surface area contributed by atoms with E-state index >= 15 is 0 Å². The molecule has 8 heteroatoms. The Kier molecular flexibility index (Phi) is 5.39. The number of carbonyl (C=O) groups is 2. The molecule has 138 valence electrons. The number of hydrogen-bond donors (Lipinski definition) is 2. The molecule has 2 aliphatic rings. The quantitative estimate of drug-likeness (QED) is 0.819. The minimum absolute atomic E-state index is 0.0729. The third kappa shape index (κ3) is 4.19. The fourth-order valence-corrected chi connectivity index (χ4v) is 3.50. The second-order valence-electron chi connectivity index (χ2n) is 6.81. The summed E-state index contributed by atoms with van der Waals surface area (Å²) < 4.78 is 13.0. The van der Waals surface area contributed by atoms with Gasteiger partial charge in [-0.25, -0.2) is 0 Å². The highest BCUT2D eigenvalue weighted by atomic mass is 16.5. The molecule has 2 aliphatic heterocycles. The van der Waals surface area contributed by atoms with Crippen molar-refractivity contribution in [1.82, 2.24) is 20.4 Å². The van der Waals surface area contributed by atoms with Gasteiger partial charge < -0.3 is 20.1 Å². The zero-order valence-corrected chi connectivity index (χ0v) is 14.8. The SMILES string of the molecule is CNC(=O)Cn1nc(C(=O)NC2CCOC3(CCOCC3)C2)cc1C. The van der Waals surface area contributed by atoms with Gasteiger partial charge in [-0.1, -0.05) is 0 Å². The minimum Gasteiger partial charge on any atom is -0.381 e. The lowest BCUT2D eigenvalue weighted by molar-refractivity contribution is -0.139. The molecule has 1 aromatic heterocycles. The smallest absolute Gasteiger partial charge is 0.272 e. The van der Waals surface area contributed by atoms with Crippen LogP contribution >= 0.6 is 0 Å². The summed E-state index contributed by atoms with van der Waals surface area (Å²) in [5, 5.41) is 9.89. The molecule has 2 amide bonds. The van der Waals surface area contributed by atoms with E-state index in [4.69, 9.17) is 9.47 Å². The van der Waals surface area contributed by atoms with Crippen LogP contribution in [-0.2, 0) is 20.8 Å². The molecule has 1 spiro atoms. The second-order valence-corrected chi connectivity index (χ2v) is 6.81. The molecule has 0 bridgehead atoms. The molecule has 2 N–H and O–H groups in total. The zero-order chi connectivity index (χ0) is 17.9. The standard InChI is InChI=1S/C17H26N4O4/c1-12-9-14(20-21(12)11-15(22)18-2)16(23)19-13-3-6-25-17(10-13)4-7-24-8-5-17/h9,13H,3-8,10-11H2,1-2H3,(H,18,22)(H,19,23). The van der Waals surface area contributed by atoms with Crippen LogP contribution in [0.5, 0.6) is 0 Å². The van der Waals surface area contributed by atoms with Crippen molar-refractivity contribution in [2.75, 3.05) is 26.9 Å². The van der Waals surface area contributed by atoms with E-state index in [1.165, 1.54) is 4.68 Å². The van der Waals surface area contributed by atoms with Crippen molar-refractivity contribution in [2.45, 2.75) is 50.8 Å². The predicted octanol–water partition coefficient (Wildman–Crippen LogP) is 0.396. The van der Waals surface area contributed by atoms with Gasteiger partial charge in [0.15, 0.2) is 0 Å². The summed E-state index contributed by atoms with van der Waals surface area (Å²) in [5.74, 6) is -0.350. The van der Waals surface area contributed by atoms with Crippen LogP contribution < -0.4 is 10.6 Å². The van der Waals surface area contributed by atoms with Gasteiger partial charge in [0.1, 0.15) is 12.2 Å². The van der Waals surface area contributed by atoms with Crippen LogP contribution in [0.3, 0.4) is 0 Å². The number of likely N-dealkylation sites (N-methyl/N-ethyl adjacent to an activating group) is 1. The van der Waals surface area contributed by atoms with E-state index in [0.717, 1.165) is 31.4 Å². The van der Waals surface area contributed by atoms with E-state index in [9.17, 15) is 9.59 Å². The highest BCUT2D eigenvalue weighted by molar-refractivity contribution is 5.92. The number of nitrogens with zero attached hydrogens (tertiary/aromatic N) is 2. The van der Waals surface area contributed by atoms with Gasteiger partial charge in [-0.2, -0.15) is 5.10 Å². The number of carbonyl (C=O) groups excluding carboxylic acids is 2. The number of amides is 2. The maximum absolute atomic E-state index is 12.6. The fraction of sp³-hybridized carbons (Fsp3) is 0.706. The molecule has 0 radical (unpaired) electrons. The fourth-order valence-electron chi connectivity index (χ4n) is 3.50. The molecule has 1 atom stereocenters. The summed E-state index contributed by atoms with van der Waals surface area (Å²) in [6, 6.07) is 1.78. The highest BCUT2D eigenvalue weighted by Crippen LogP contribution is 2.34. The summed E-state index contributed by atoms with van der Waals surface area (Å²) in [6.45, 7) is 4.01. The van der Waals surface area contributed by atoms with Crippen molar-refractivity contribution in [3.63, 3.8) is 0 Å². The molecule has 1 unspecified atom stereocenters. The molecule has 2 fully saturated rings. The Bertz CT molecular complexity index is 631. The monoisotopic (exact) mass is 350 g/mol. The predicted molar refractivity (Wildman–Crippen MR) is 90.3 cm³/mol. The number of aromatic nitrogens is 2. The van der Waals surface area contributed by atoms with Crippen molar-refractivity contribution in [3.05, 3.63) is 17.5 Å². The first-order valence-corrected chi connectivity index (χ1v) is 8.79. The Labute approximate surface area is 147 Å². The number of hydrogen-bond acceptors (Lipinski definition) is 5. The third-order valence-corrected chi connectivity index (χ3v) is 5.02. The van der Waals surface area contributed by atoms with Crippen molar-refractivity contribution >= 4 is 11.8 Å². The van der Waals surface area contributed by atoms with E-state index in [1.807, 2.05) is 6.92 Å². The van der Waals surface area contributed by atoms with Crippen LogP contribution in [0.25, 0.3) is 0 Å². The number of ether oxygens (including phenoxy) is 2. The van der Waals surface area contributed by atoms with E-state index in [2.05, 4.69) is 15.7 Å². The molecular weight excluding hydrogens is 324 g/mol. The number of rotatable bonds is 4. The lowest BCUT2D eigenvalue weighted by Crippen LogP contribution is -2.51. The molecule has 8 nitrogen and oxygen atoms in total. The lowest BCUT2D eigenvalue weighted by atomic mass is 9.84. The van der Waals surface area contributed by atoms with Crippen LogP contribution in [0.1, 0.15) is 41.9 Å². The van der Waals surface area contributed by atoms with E-state index in [1.54, 1.807) is 13.1 Å². The highest BCUT2D eigenvalue weighted by Gasteiger charge is 2.39. The molecule has 3 rings (SSSR count). The molecule has 0 aromatic carbocycles. The van der Waals surface area contributed by atoms with Gasteiger partial charge in [0.25, 0.3) is 5.91 Å². The first kappa shape index (κ1) is 17.9. The van der Waals surface area contributed by atoms with Crippen molar-refractivity contribution in [1.29, 1.82) is 0 Å². The van der Waals surface area contributed by atoms with Crippen LogP contribution in [0.2, 0.25) is 0 Å². The number of aryl methyl sites for hydroxylation is 1. The van der Waals surface area contributed by atoms with Gasteiger partial charge in [-0.05, 0) is 38.7 Å². The van der Waals surface area contributed by atoms with E-state index in [0.29, 0.717) is 25.5 Å². The zero-order valence-electron chi connectivity index (χ0n) is 14.8. The molecule has 2 saturated heterocycles. The summed E-state index contributed by atoms with van der Waals surface area (Å²) in [4.78, 5) is 24.1. The van der Waals surface area contributed by atoms with Crippen molar-refractivity contribution < 1.29 is 19.1 Å². The maximum Gasteiger partial charge on any atom is 0.272 e. The maximum atomic E-state index is 12.6. The average Bonchev–Trinajstić information content (AvgIpc) is 2.96. The molecule has 0 aliphatic carbocycles. The van der Waals surface area contributed by atoms with Crippen LogP contribution in [0, 0.1) is 6.92 Å². The van der Waals surface area contributed by atoms with Gasteiger partial charge in [0.2, 0.25) is 5.91 Å². The van der Waals surface area contributed by atoms with Gasteiger partial charge in [0.05, 0.1) is 5.60 Å². The van der Waals surface area contributed by atoms with Crippen molar-refractivity contribution in [3.8, 4) is 0 Å². The molecule has 3 heterocycles. The number of nitrogens with one attached hydrogen (secondary N) is 2. The Balaban J connectivity index is 1.62. The Hall–Kier alpha value is -1.93. The lowest BCUT2D eigenvalue weighted by Gasteiger charge is -2.43. The Morgan fingerprint density at radius 3 is 2.84 bits per heavy atom. The first-order chi connectivity index (χ1) is 12.0. The minimum atomic E-state index is -0.201. The molecular formula is C17H26N4O4. The third-order valence-electron chi connectivity index (χ3n) is 5.02. The summed E-state index contributed by atoms with van der Waals surface area (Å²) in [6.07, 6.45) is 3.35. The van der Waals surface area contributed by atoms with Crippen molar-refractivity contribution in [2.24, 2.45) is 0 Å².